The van der Waals surface area contributed by atoms with Gasteiger partial charge < -0.3 is 9.84 Å². The number of carbonyl (C=O) groups excluding carboxylic acids is 1. The van der Waals surface area contributed by atoms with Crippen LogP contribution in [0.3, 0.4) is 0 Å². The molecule has 1 N–H and O–H groups in total. The highest BCUT2D eigenvalue weighted by molar-refractivity contribution is 5.65. The number of rotatable bonds is 2. The average Bonchev–Trinajstić information content (AvgIpc) is 2.01. The minimum absolute atomic E-state index is 0.180. The molecule has 1 rings (SSSR count). The molecule has 1 aromatic carbocycles. The molecule has 3 nitrogen and oxygen atoms in total. The van der Waals surface area contributed by atoms with Gasteiger partial charge in [-0.1, -0.05) is 12.1 Å². The summed E-state index contributed by atoms with van der Waals surface area (Å²) in [6.07, 6.45) is 0. The fraction of sp³-hybridized carbons (Fsp3) is 0.222. The molecular weight excluding hydrogens is 156 g/mol. The minimum atomic E-state index is -0.321. The normalized spacial score (nSPS) is 9.42. The first-order valence-electron chi connectivity index (χ1n) is 3.60. The first-order chi connectivity index (χ1) is 5.68. The number of esters is 1. The molecule has 0 aliphatic rings. The number of phenols is 1. The number of ether oxygens (including phenoxy) is 1. The summed E-state index contributed by atoms with van der Waals surface area (Å²) in [7, 11) is 0. The van der Waals surface area contributed by atoms with E-state index in [4.69, 9.17) is 9.84 Å². The molecule has 0 bridgehead atoms. The standard InChI is InChI=1S/C9H10O3/c1-7(10)12-6-8-3-2-4-9(11)5-8/h2-5,11H,6H2,1H3. The van der Waals surface area contributed by atoms with Gasteiger partial charge in [0.05, 0.1) is 0 Å². The number of aromatic hydroxyl groups is 1. The summed E-state index contributed by atoms with van der Waals surface area (Å²) >= 11 is 0. The first kappa shape index (κ1) is 8.59. The molecule has 0 aliphatic heterocycles. The van der Waals surface area contributed by atoms with Gasteiger partial charge in [0.2, 0.25) is 0 Å². The molecule has 0 heterocycles. The van der Waals surface area contributed by atoms with Crippen molar-refractivity contribution in [3.8, 4) is 5.75 Å². The second-order valence-corrected chi connectivity index (χ2v) is 2.45. The third-order valence-corrected chi connectivity index (χ3v) is 1.35. The van der Waals surface area contributed by atoms with Gasteiger partial charge in [-0.3, -0.25) is 4.79 Å². The Bertz CT molecular complexity index is 281. The van der Waals surface area contributed by atoms with Gasteiger partial charge in [-0.15, -0.1) is 0 Å². The molecule has 12 heavy (non-hydrogen) atoms. The molecular formula is C9H10O3. The van der Waals surface area contributed by atoms with Crippen LogP contribution in [0.15, 0.2) is 24.3 Å². The van der Waals surface area contributed by atoms with Crippen LogP contribution in [0.2, 0.25) is 0 Å². The van der Waals surface area contributed by atoms with Crippen molar-refractivity contribution in [3.05, 3.63) is 29.8 Å². The Balaban J connectivity index is 2.57. The SMILES string of the molecule is CC(=O)OCc1cccc(O)c1. The van der Waals surface area contributed by atoms with Gasteiger partial charge in [0, 0.05) is 6.92 Å². The van der Waals surface area contributed by atoms with Crippen molar-refractivity contribution in [2.75, 3.05) is 0 Å². The van der Waals surface area contributed by atoms with Crippen molar-refractivity contribution in [2.24, 2.45) is 0 Å². The molecule has 0 radical (unpaired) electrons. The average molecular weight is 166 g/mol. The molecule has 0 amide bonds. The molecule has 0 saturated heterocycles. The Morgan fingerprint density at radius 1 is 1.58 bits per heavy atom. The van der Waals surface area contributed by atoms with Crippen LogP contribution in [-0.4, -0.2) is 11.1 Å². The Kier molecular flexibility index (Phi) is 2.69. The number of hydrogen-bond acceptors (Lipinski definition) is 3. The van der Waals surface area contributed by atoms with Gasteiger partial charge in [0.1, 0.15) is 12.4 Å². The molecule has 0 unspecified atom stereocenters. The number of hydrogen-bond donors (Lipinski definition) is 1. The van der Waals surface area contributed by atoms with Crippen LogP contribution in [0, 0.1) is 0 Å². The second kappa shape index (κ2) is 3.76. The summed E-state index contributed by atoms with van der Waals surface area (Å²) in [6, 6.07) is 6.61. The molecule has 0 atom stereocenters. The lowest BCUT2D eigenvalue weighted by Crippen LogP contribution is -1.98. The highest BCUT2D eigenvalue weighted by atomic mass is 16.5. The molecule has 0 saturated carbocycles. The van der Waals surface area contributed by atoms with E-state index in [0.717, 1.165) is 5.56 Å². The third-order valence-electron chi connectivity index (χ3n) is 1.35. The zero-order chi connectivity index (χ0) is 8.97. The quantitative estimate of drug-likeness (QED) is 0.676. The predicted molar refractivity (Wildman–Crippen MR) is 43.6 cm³/mol. The van der Waals surface area contributed by atoms with Crippen molar-refractivity contribution in [1.82, 2.24) is 0 Å². The van der Waals surface area contributed by atoms with E-state index < -0.39 is 0 Å². The lowest BCUT2D eigenvalue weighted by Gasteiger charge is -2.01. The van der Waals surface area contributed by atoms with Crippen molar-refractivity contribution in [3.63, 3.8) is 0 Å². The summed E-state index contributed by atoms with van der Waals surface area (Å²) in [5.74, 6) is -0.141. The Labute approximate surface area is 70.6 Å². The summed E-state index contributed by atoms with van der Waals surface area (Å²) in [4.78, 5) is 10.4. The number of carbonyl (C=O) groups is 1. The van der Waals surface area contributed by atoms with E-state index in [1.54, 1.807) is 24.3 Å². The van der Waals surface area contributed by atoms with Crippen LogP contribution < -0.4 is 0 Å². The van der Waals surface area contributed by atoms with Crippen LogP contribution >= 0.6 is 0 Å². The van der Waals surface area contributed by atoms with Gasteiger partial charge in [0.25, 0.3) is 0 Å². The highest BCUT2D eigenvalue weighted by Gasteiger charge is 1.96. The molecule has 0 fully saturated rings. The summed E-state index contributed by atoms with van der Waals surface area (Å²) < 4.78 is 4.73. The largest absolute Gasteiger partial charge is 0.508 e. The highest BCUT2D eigenvalue weighted by Crippen LogP contribution is 2.11. The molecule has 0 aliphatic carbocycles. The van der Waals surface area contributed by atoms with E-state index >= 15 is 0 Å². The maximum Gasteiger partial charge on any atom is 0.302 e. The van der Waals surface area contributed by atoms with Crippen molar-refractivity contribution in [1.29, 1.82) is 0 Å². The minimum Gasteiger partial charge on any atom is -0.508 e. The van der Waals surface area contributed by atoms with Crippen LogP contribution in [-0.2, 0) is 16.1 Å². The Morgan fingerprint density at radius 2 is 2.33 bits per heavy atom. The molecule has 1 aromatic rings. The van der Waals surface area contributed by atoms with E-state index in [0.29, 0.717) is 0 Å². The van der Waals surface area contributed by atoms with E-state index in [2.05, 4.69) is 0 Å². The van der Waals surface area contributed by atoms with Gasteiger partial charge in [0.15, 0.2) is 0 Å². The fourth-order valence-corrected chi connectivity index (χ4v) is 0.831. The molecule has 0 spiro atoms. The smallest absolute Gasteiger partial charge is 0.302 e. The van der Waals surface area contributed by atoms with E-state index in [-0.39, 0.29) is 18.3 Å². The second-order valence-electron chi connectivity index (χ2n) is 2.45. The lowest BCUT2D eigenvalue weighted by molar-refractivity contribution is -0.142. The molecule has 64 valence electrons. The topological polar surface area (TPSA) is 46.5 Å². The monoisotopic (exact) mass is 166 g/mol. The zero-order valence-corrected chi connectivity index (χ0v) is 6.78. The lowest BCUT2D eigenvalue weighted by atomic mass is 10.2. The van der Waals surface area contributed by atoms with Gasteiger partial charge in [-0.05, 0) is 17.7 Å². The van der Waals surface area contributed by atoms with Crippen molar-refractivity contribution < 1.29 is 14.6 Å². The molecule has 0 aromatic heterocycles. The number of phenolic OH excluding ortho intramolecular Hbond substituents is 1. The van der Waals surface area contributed by atoms with Crippen LogP contribution in [0.5, 0.6) is 5.75 Å². The Hall–Kier alpha value is -1.51. The maximum atomic E-state index is 10.4. The van der Waals surface area contributed by atoms with E-state index in [1.165, 1.54) is 6.92 Å². The third kappa shape index (κ3) is 2.62. The Morgan fingerprint density at radius 3 is 2.92 bits per heavy atom. The fourth-order valence-electron chi connectivity index (χ4n) is 0.831. The summed E-state index contributed by atoms with van der Waals surface area (Å²) in [6.45, 7) is 1.56. The maximum absolute atomic E-state index is 10.4. The number of benzene rings is 1. The van der Waals surface area contributed by atoms with Gasteiger partial charge >= 0.3 is 5.97 Å². The summed E-state index contributed by atoms with van der Waals surface area (Å²) in [5, 5.41) is 9.04. The first-order valence-corrected chi connectivity index (χ1v) is 3.60. The van der Waals surface area contributed by atoms with Gasteiger partial charge in [-0.2, -0.15) is 0 Å². The molecule has 3 heteroatoms. The van der Waals surface area contributed by atoms with Crippen LogP contribution in [0.4, 0.5) is 0 Å². The predicted octanol–water partition coefficient (Wildman–Crippen LogP) is 1.46. The van der Waals surface area contributed by atoms with Crippen molar-refractivity contribution >= 4 is 5.97 Å². The van der Waals surface area contributed by atoms with Gasteiger partial charge in [-0.25, -0.2) is 0 Å². The van der Waals surface area contributed by atoms with Crippen LogP contribution in [0.25, 0.3) is 0 Å². The van der Waals surface area contributed by atoms with Crippen LogP contribution in [0.1, 0.15) is 12.5 Å². The zero-order valence-electron chi connectivity index (χ0n) is 6.78. The van der Waals surface area contributed by atoms with E-state index in [1.807, 2.05) is 0 Å². The van der Waals surface area contributed by atoms with E-state index in [9.17, 15) is 4.79 Å². The summed E-state index contributed by atoms with van der Waals surface area (Å²) in [5.41, 5.74) is 0.783. The van der Waals surface area contributed by atoms with Crippen molar-refractivity contribution in [2.45, 2.75) is 13.5 Å².